The van der Waals surface area contributed by atoms with Gasteiger partial charge in [0.05, 0.1) is 12.7 Å². The fourth-order valence-electron chi connectivity index (χ4n) is 2.86. The third kappa shape index (κ3) is 2.86. The summed E-state index contributed by atoms with van der Waals surface area (Å²) in [6.45, 7) is 5.15. The highest BCUT2D eigenvalue weighted by Gasteiger charge is 2.21. The first-order valence-electron chi connectivity index (χ1n) is 7.20. The molecule has 1 aromatic rings. The fourth-order valence-corrected chi connectivity index (χ4v) is 2.86. The minimum atomic E-state index is -0.323. The Morgan fingerprint density at radius 2 is 1.94 bits per heavy atom. The second-order valence-corrected chi connectivity index (χ2v) is 5.25. The lowest BCUT2D eigenvalue weighted by atomic mass is 9.87. The number of aliphatic hydroxyl groups is 1. The fraction of sp³-hybridized carbons (Fsp3) is 0.625. The summed E-state index contributed by atoms with van der Waals surface area (Å²) in [6, 6.07) is 6.16. The van der Waals surface area contributed by atoms with Crippen LogP contribution >= 0.6 is 0 Å². The zero-order valence-electron chi connectivity index (χ0n) is 11.5. The van der Waals surface area contributed by atoms with E-state index in [2.05, 4.69) is 19.9 Å². The summed E-state index contributed by atoms with van der Waals surface area (Å²) in [5, 5.41) is 10.5. The number of hydrogen-bond donors (Lipinski definition) is 1. The predicted octanol–water partition coefficient (Wildman–Crippen LogP) is 3.87. The molecule has 2 heteroatoms. The standard InChI is InChI=1S/C16H24O2/c1-3-5-12(6-4-2)16(17)14-7-8-15-13(11-14)9-10-18-15/h7-8,11-12,16-17H,3-6,9-10H2,1-2H3. The minimum Gasteiger partial charge on any atom is -0.493 e. The van der Waals surface area contributed by atoms with Gasteiger partial charge in [0.2, 0.25) is 0 Å². The Bertz CT molecular complexity index is 381. The van der Waals surface area contributed by atoms with Crippen molar-refractivity contribution in [2.75, 3.05) is 6.61 Å². The maximum Gasteiger partial charge on any atom is 0.122 e. The molecule has 0 radical (unpaired) electrons. The van der Waals surface area contributed by atoms with Crippen molar-refractivity contribution in [3.63, 3.8) is 0 Å². The Morgan fingerprint density at radius 1 is 1.22 bits per heavy atom. The summed E-state index contributed by atoms with van der Waals surface area (Å²) in [7, 11) is 0. The molecule has 1 unspecified atom stereocenters. The normalized spacial score (nSPS) is 15.6. The van der Waals surface area contributed by atoms with Crippen LogP contribution in [0.4, 0.5) is 0 Å². The van der Waals surface area contributed by atoms with E-state index in [-0.39, 0.29) is 6.10 Å². The van der Waals surface area contributed by atoms with E-state index in [1.807, 2.05) is 12.1 Å². The molecule has 1 aliphatic heterocycles. The minimum absolute atomic E-state index is 0.323. The Kier molecular flexibility index (Phi) is 4.65. The average Bonchev–Trinajstić information content (AvgIpc) is 2.84. The highest BCUT2D eigenvalue weighted by molar-refractivity contribution is 5.40. The van der Waals surface area contributed by atoms with E-state index in [9.17, 15) is 5.11 Å². The van der Waals surface area contributed by atoms with E-state index < -0.39 is 0 Å². The molecule has 0 saturated carbocycles. The van der Waals surface area contributed by atoms with Crippen LogP contribution in [0.1, 0.15) is 56.8 Å². The molecule has 0 bridgehead atoms. The van der Waals surface area contributed by atoms with Crippen LogP contribution in [0.5, 0.6) is 5.75 Å². The van der Waals surface area contributed by atoms with Gasteiger partial charge >= 0.3 is 0 Å². The molecule has 0 fully saturated rings. The van der Waals surface area contributed by atoms with Gasteiger partial charge in [-0.05, 0) is 42.0 Å². The van der Waals surface area contributed by atoms with Crippen molar-refractivity contribution in [1.82, 2.24) is 0 Å². The van der Waals surface area contributed by atoms with Gasteiger partial charge in [0.1, 0.15) is 5.75 Å². The monoisotopic (exact) mass is 248 g/mol. The summed E-state index contributed by atoms with van der Waals surface area (Å²) in [4.78, 5) is 0. The maximum atomic E-state index is 10.5. The molecule has 1 N–H and O–H groups in total. The quantitative estimate of drug-likeness (QED) is 0.828. The molecule has 1 aromatic carbocycles. The predicted molar refractivity (Wildman–Crippen MR) is 73.9 cm³/mol. The molecule has 2 nitrogen and oxygen atoms in total. The zero-order valence-corrected chi connectivity index (χ0v) is 11.5. The van der Waals surface area contributed by atoms with Crippen molar-refractivity contribution in [3.8, 4) is 5.75 Å². The van der Waals surface area contributed by atoms with Crippen molar-refractivity contribution in [2.45, 2.75) is 52.1 Å². The van der Waals surface area contributed by atoms with E-state index in [1.54, 1.807) is 0 Å². The van der Waals surface area contributed by atoms with Gasteiger partial charge in [-0.3, -0.25) is 0 Å². The molecule has 1 heterocycles. The van der Waals surface area contributed by atoms with Crippen LogP contribution in [0.25, 0.3) is 0 Å². The van der Waals surface area contributed by atoms with Gasteiger partial charge in [-0.2, -0.15) is 0 Å². The van der Waals surface area contributed by atoms with Crippen LogP contribution in [0.2, 0.25) is 0 Å². The van der Waals surface area contributed by atoms with E-state index in [1.165, 1.54) is 5.56 Å². The molecule has 0 amide bonds. The summed E-state index contributed by atoms with van der Waals surface area (Å²) >= 11 is 0. The van der Waals surface area contributed by atoms with Crippen molar-refractivity contribution in [1.29, 1.82) is 0 Å². The van der Waals surface area contributed by atoms with Crippen molar-refractivity contribution >= 4 is 0 Å². The number of rotatable bonds is 6. The summed E-state index contributed by atoms with van der Waals surface area (Å²) in [5.74, 6) is 1.38. The molecule has 0 aromatic heterocycles. The lowest BCUT2D eigenvalue weighted by molar-refractivity contribution is 0.0964. The van der Waals surface area contributed by atoms with Gasteiger partial charge < -0.3 is 9.84 Å². The highest BCUT2D eigenvalue weighted by atomic mass is 16.5. The van der Waals surface area contributed by atoms with Crippen LogP contribution in [0.15, 0.2) is 18.2 Å². The smallest absolute Gasteiger partial charge is 0.122 e. The Morgan fingerprint density at radius 3 is 2.61 bits per heavy atom. The van der Waals surface area contributed by atoms with E-state index in [0.717, 1.165) is 50.0 Å². The van der Waals surface area contributed by atoms with E-state index >= 15 is 0 Å². The Hall–Kier alpha value is -1.02. The zero-order chi connectivity index (χ0) is 13.0. The topological polar surface area (TPSA) is 29.5 Å². The molecule has 100 valence electrons. The van der Waals surface area contributed by atoms with Crippen molar-refractivity contribution < 1.29 is 9.84 Å². The molecule has 18 heavy (non-hydrogen) atoms. The van der Waals surface area contributed by atoms with E-state index in [0.29, 0.717) is 5.92 Å². The maximum absolute atomic E-state index is 10.5. The van der Waals surface area contributed by atoms with Crippen LogP contribution in [0, 0.1) is 5.92 Å². The average molecular weight is 248 g/mol. The number of fused-ring (bicyclic) bond motifs is 1. The van der Waals surface area contributed by atoms with Gasteiger partial charge in [0, 0.05) is 6.42 Å². The van der Waals surface area contributed by atoms with Crippen LogP contribution in [-0.4, -0.2) is 11.7 Å². The number of ether oxygens (including phenoxy) is 1. The van der Waals surface area contributed by atoms with E-state index in [4.69, 9.17) is 4.74 Å². The highest BCUT2D eigenvalue weighted by Crippen LogP contribution is 2.33. The number of benzene rings is 1. The second kappa shape index (κ2) is 6.24. The third-order valence-corrected chi connectivity index (χ3v) is 3.82. The molecule has 2 rings (SSSR count). The molecule has 0 saturated heterocycles. The molecule has 0 spiro atoms. The molecule has 1 aliphatic rings. The first-order chi connectivity index (χ1) is 8.76. The van der Waals surface area contributed by atoms with Gasteiger partial charge in [-0.25, -0.2) is 0 Å². The number of hydrogen-bond acceptors (Lipinski definition) is 2. The van der Waals surface area contributed by atoms with Gasteiger partial charge in [0.25, 0.3) is 0 Å². The Balaban J connectivity index is 2.13. The third-order valence-electron chi connectivity index (χ3n) is 3.82. The number of aliphatic hydroxyl groups excluding tert-OH is 1. The largest absolute Gasteiger partial charge is 0.493 e. The van der Waals surface area contributed by atoms with Gasteiger partial charge in [0.15, 0.2) is 0 Å². The summed E-state index contributed by atoms with van der Waals surface area (Å²) in [6.07, 6.45) is 5.12. The first-order valence-corrected chi connectivity index (χ1v) is 7.20. The SMILES string of the molecule is CCCC(CCC)C(O)c1ccc2c(c1)CCO2. The summed E-state index contributed by atoms with van der Waals surface area (Å²) < 4.78 is 5.51. The molecular formula is C16H24O2. The van der Waals surface area contributed by atoms with Crippen LogP contribution < -0.4 is 4.74 Å². The van der Waals surface area contributed by atoms with Gasteiger partial charge in [-0.15, -0.1) is 0 Å². The summed E-state index contributed by atoms with van der Waals surface area (Å²) in [5.41, 5.74) is 2.31. The van der Waals surface area contributed by atoms with Crippen molar-refractivity contribution in [2.24, 2.45) is 5.92 Å². The van der Waals surface area contributed by atoms with Crippen LogP contribution in [-0.2, 0) is 6.42 Å². The lowest BCUT2D eigenvalue weighted by Crippen LogP contribution is -2.12. The first kappa shape index (κ1) is 13.4. The van der Waals surface area contributed by atoms with Crippen LogP contribution in [0.3, 0.4) is 0 Å². The lowest BCUT2D eigenvalue weighted by Gasteiger charge is -2.22. The second-order valence-electron chi connectivity index (χ2n) is 5.25. The molecule has 0 aliphatic carbocycles. The molecule has 1 atom stereocenters. The van der Waals surface area contributed by atoms with Gasteiger partial charge in [-0.1, -0.05) is 32.8 Å². The molecular weight excluding hydrogens is 224 g/mol. The van der Waals surface area contributed by atoms with Crippen molar-refractivity contribution in [3.05, 3.63) is 29.3 Å². The Labute approximate surface area is 110 Å².